The number of halogens is 1. The normalized spacial score (nSPS) is 15.5. The Morgan fingerprint density at radius 3 is 2.71 bits per heavy atom. The van der Waals surface area contributed by atoms with Crippen molar-refractivity contribution in [2.24, 2.45) is 5.92 Å². The maximum absolute atomic E-state index is 12.3. The molecule has 2 aromatic carbocycles. The van der Waals surface area contributed by atoms with Gasteiger partial charge >= 0.3 is 0 Å². The molecule has 1 atom stereocenters. The van der Waals surface area contributed by atoms with Crippen molar-refractivity contribution in [3.8, 4) is 5.75 Å². The highest BCUT2D eigenvalue weighted by molar-refractivity contribution is 6.31. The Morgan fingerprint density at radius 1 is 1.26 bits per heavy atom. The number of nitrogens with zero attached hydrogens (tertiary/aromatic N) is 1. The Labute approximate surface area is 186 Å². The lowest BCUT2D eigenvalue weighted by atomic mass is 10.1. The molecule has 0 radical (unpaired) electrons. The highest BCUT2D eigenvalue weighted by Crippen LogP contribution is 2.27. The predicted molar refractivity (Wildman–Crippen MR) is 120 cm³/mol. The SMILES string of the molecule is C=CCNC(=O)[C@@H]1CC(=O)N(c2ccc(OCC(=O)Nc3cc(Cl)ccc3C)cc2)C1. The molecule has 3 rings (SSSR count). The van der Waals surface area contributed by atoms with Gasteiger partial charge in [-0.25, -0.2) is 0 Å². The lowest BCUT2D eigenvalue weighted by molar-refractivity contribution is -0.126. The Hall–Kier alpha value is -3.32. The number of carbonyl (C=O) groups is 3. The number of nitrogens with one attached hydrogen (secondary N) is 2. The summed E-state index contributed by atoms with van der Waals surface area (Å²) in [7, 11) is 0. The van der Waals surface area contributed by atoms with Crippen LogP contribution in [-0.4, -0.2) is 37.4 Å². The van der Waals surface area contributed by atoms with Crippen molar-refractivity contribution in [1.82, 2.24) is 5.32 Å². The highest BCUT2D eigenvalue weighted by atomic mass is 35.5. The molecule has 162 valence electrons. The van der Waals surface area contributed by atoms with Gasteiger partial charge < -0.3 is 20.3 Å². The zero-order valence-electron chi connectivity index (χ0n) is 17.2. The van der Waals surface area contributed by atoms with Crippen LogP contribution in [-0.2, 0) is 14.4 Å². The monoisotopic (exact) mass is 441 g/mol. The first-order chi connectivity index (χ1) is 14.9. The number of benzene rings is 2. The number of ether oxygens (including phenoxy) is 1. The molecule has 1 aliphatic heterocycles. The molecule has 31 heavy (non-hydrogen) atoms. The molecule has 1 fully saturated rings. The second-order valence-corrected chi connectivity index (χ2v) is 7.67. The molecule has 0 aromatic heterocycles. The third-order valence-corrected chi connectivity index (χ3v) is 5.14. The van der Waals surface area contributed by atoms with Crippen LogP contribution in [0.3, 0.4) is 0 Å². The number of carbonyl (C=O) groups excluding carboxylic acids is 3. The molecule has 0 unspecified atom stereocenters. The number of amides is 3. The average molecular weight is 442 g/mol. The van der Waals surface area contributed by atoms with Crippen molar-refractivity contribution in [1.29, 1.82) is 0 Å². The van der Waals surface area contributed by atoms with Crippen LogP contribution in [0.15, 0.2) is 55.1 Å². The average Bonchev–Trinajstić information content (AvgIpc) is 3.15. The van der Waals surface area contributed by atoms with Crippen LogP contribution in [0.2, 0.25) is 5.02 Å². The summed E-state index contributed by atoms with van der Waals surface area (Å²) in [4.78, 5) is 38.2. The van der Waals surface area contributed by atoms with Gasteiger partial charge in [-0.15, -0.1) is 6.58 Å². The van der Waals surface area contributed by atoms with Gasteiger partial charge in [-0.2, -0.15) is 0 Å². The number of anilines is 2. The summed E-state index contributed by atoms with van der Waals surface area (Å²) in [5, 5.41) is 6.03. The summed E-state index contributed by atoms with van der Waals surface area (Å²) in [6, 6.07) is 12.1. The van der Waals surface area contributed by atoms with Gasteiger partial charge in [0.25, 0.3) is 5.91 Å². The quantitative estimate of drug-likeness (QED) is 0.615. The van der Waals surface area contributed by atoms with E-state index >= 15 is 0 Å². The van der Waals surface area contributed by atoms with E-state index in [1.165, 1.54) is 0 Å². The Bertz CT molecular complexity index is 991. The van der Waals surface area contributed by atoms with Crippen LogP contribution in [0.4, 0.5) is 11.4 Å². The van der Waals surface area contributed by atoms with E-state index in [0.29, 0.717) is 35.2 Å². The highest BCUT2D eigenvalue weighted by Gasteiger charge is 2.34. The third kappa shape index (κ3) is 5.86. The van der Waals surface area contributed by atoms with Gasteiger partial charge in [0.2, 0.25) is 11.8 Å². The second kappa shape index (κ2) is 10.1. The molecule has 7 nitrogen and oxygen atoms in total. The third-order valence-electron chi connectivity index (χ3n) is 4.91. The molecular formula is C23H24ClN3O4. The lowest BCUT2D eigenvalue weighted by Crippen LogP contribution is -2.32. The Morgan fingerprint density at radius 2 is 2.00 bits per heavy atom. The largest absolute Gasteiger partial charge is 0.484 e. The topological polar surface area (TPSA) is 87.7 Å². The van der Waals surface area contributed by atoms with Crippen LogP contribution >= 0.6 is 11.6 Å². The van der Waals surface area contributed by atoms with Gasteiger partial charge in [0.1, 0.15) is 5.75 Å². The Kier molecular flexibility index (Phi) is 7.31. The minimum atomic E-state index is -0.387. The van der Waals surface area contributed by atoms with Crippen molar-refractivity contribution in [3.63, 3.8) is 0 Å². The molecule has 1 heterocycles. The van der Waals surface area contributed by atoms with E-state index in [9.17, 15) is 14.4 Å². The fraction of sp³-hybridized carbons (Fsp3) is 0.261. The molecule has 0 saturated carbocycles. The summed E-state index contributed by atoms with van der Waals surface area (Å²) in [6.45, 7) is 5.97. The van der Waals surface area contributed by atoms with Crippen molar-refractivity contribution < 1.29 is 19.1 Å². The van der Waals surface area contributed by atoms with Crippen LogP contribution < -0.4 is 20.3 Å². The summed E-state index contributed by atoms with van der Waals surface area (Å²) in [6.07, 6.45) is 1.77. The molecule has 2 aromatic rings. The standard InChI is InChI=1S/C23H24ClN3O4/c1-3-10-25-23(30)16-11-22(29)27(13-16)18-6-8-19(9-7-18)31-14-21(28)26-20-12-17(24)5-4-15(20)2/h3-9,12,16H,1,10-11,13-14H2,2H3,(H,25,30)(H,26,28)/t16-/m1/s1. The van der Waals surface area contributed by atoms with Gasteiger partial charge in [-0.05, 0) is 48.9 Å². The first-order valence-corrected chi connectivity index (χ1v) is 10.2. The fourth-order valence-electron chi connectivity index (χ4n) is 3.24. The summed E-state index contributed by atoms with van der Waals surface area (Å²) in [5.41, 5.74) is 2.21. The molecule has 1 saturated heterocycles. The van der Waals surface area contributed by atoms with Gasteiger partial charge in [0.15, 0.2) is 6.61 Å². The van der Waals surface area contributed by atoms with E-state index < -0.39 is 0 Å². The molecule has 1 aliphatic rings. The van der Waals surface area contributed by atoms with Crippen molar-refractivity contribution in [2.45, 2.75) is 13.3 Å². The molecule has 0 spiro atoms. The van der Waals surface area contributed by atoms with E-state index in [0.717, 1.165) is 5.56 Å². The number of hydrogen-bond acceptors (Lipinski definition) is 4. The predicted octanol–water partition coefficient (Wildman–Crippen LogP) is 3.32. The molecular weight excluding hydrogens is 418 g/mol. The van der Waals surface area contributed by atoms with Crippen molar-refractivity contribution >= 4 is 40.7 Å². The second-order valence-electron chi connectivity index (χ2n) is 7.23. The number of aryl methyl sites for hydroxylation is 1. The summed E-state index contributed by atoms with van der Waals surface area (Å²) < 4.78 is 5.54. The first-order valence-electron chi connectivity index (χ1n) is 9.85. The van der Waals surface area contributed by atoms with E-state index in [1.807, 2.05) is 13.0 Å². The van der Waals surface area contributed by atoms with Gasteiger partial charge in [0, 0.05) is 35.9 Å². The summed E-state index contributed by atoms with van der Waals surface area (Å²) >= 11 is 5.96. The smallest absolute Gasteiger partial charge is 0.262 e. The molecule has 0 bridgehead atoms. The van der Waals surface area contributed by atoms with E-state index in [-0.39, 0.29) is 36.7 Å². The fourth-order valence-corrected chi connectivity index (χ4v) is 3.41. The zero-order chi connectivity index (χ0) is 22.4. The maximum atomic E-state index is 12.3. The van der Waals surface area contributed by atoms with Crippen molar-refractivity contribution in [3.05, 3.63) is 65.7 Å². The Balaban J connectivity index is 1.53. The summed E-state index contributed by atoms with van der Waals surface area (Å²) in [5.74, 6) is -0.464. The van der Waals surface area contributed by atoms with E-state index in [4.69, 9.17) is 16.3 Å². The number of rotatable bonds is 8. The minimum absolute atomic E-state index is 0.108. The van der Waals surface area contributed by atoms with Crippen LogP contribution in [0.1, 0.15) is 12.0 Å². The minimum Gasteiger partial charge on any atom is -0.484 e. The molecule has 0 aliphatic carbocycles. The van der Waals surface area contributed by atoms with Gasteiger partial charge in [-0.3, -0.25) is 14.4 Å². The molecule has 8 heteroatoms. The van der Waals surface area contributed by atoms with Gasteiger partial charge in [-0.1, -0.05) is 23.7 Å². The van der Waals surface area contributed by atoms with E-state index in [1.54, 1.807) is 47.4 Å². The first kappa shape index (κ1) is 22.4. The van der Waals surface area contributed by atoms with Crippen LogP contribution in [0.5, 0.6) is 5.75 Å². The lowest BCUT2D eigenvalue weighted by Gasteiger charge is -2.17. The van der Waals surface area contributed by atoms with Crippen LogP contribution in [0, 0.1) is 12.8 Å². The maximum Gasteiger partial charge on any atom is 0.262 e. The van der Waals surface area contributed by atoms with Crippen LogP contribution in [0.25, 0.3) is 0 Å². The molecule has 3 amide bonds. The zero-order valence-corrected chi connectivity index (χ0v) is 17.9. The van der Waals surface area contributed by atoms with Gasteiger partial charge in [0.05, 0.1) is 5.92 Å². The molecule has 2 N–H and O–H groups in total. The van der Waals surface area contributed by atoms with E-state index in [2.05, 4.69) is 17.2 Å². The van der Waals surface area contributed by atoms with Crippen molar-refractivity contribution in [2.75, 3.05) is 29.9 Å². The number of hydrogen-bond donors (Lipinski definition) is 2.